The van der Waals surface area contributed by atoms with E-state index < -0.39 is 10.1 Å². The molecule has 5 heteroatoms. The first-order valence-electron chi connectivity index (χ1n) is 10.5. The van der Waals surface area contributed by atoms with Crippen LogP contribution in [0.15, 0.2) is 35.2 Å². The molecule has 26 heavy (non-hydrogen) atoms. The number of hydrogen-bond donors (Lipinski definition) is 1. The van der Waals surface area contributed by atoms with Crippen LogP contribution >= 0.6 is 0 Å². The van der Waals surface area contributed by atoms with E-state index >= 15 is 0 Å². The van der Waals surface area contributed by atoms with Crippen LogP contribution in [0.3, 0.4) is 0 Å². The van der Waals surface area contributed by atoms with E-state index in [0.717, 1.165) is 0 Å². The average molecular weight is 393 g/mol. The fourth-order valence-corrected chi connectivity index (χ4v) is 3.86. The molecule has 3 nitrogen and oxygen atoms in total. The van der Waals surface area contributed by atoms with Crippen molar-refractivity contribution < 1.29 is 13.0 Å². The molecule has 0 heterocycles. The summed E-state index contributed by atoms with van der Waals surface area (Å²) >= 11 is 1.41. The quantitative estimate of drug-likeness (QED) is 0.220. The number of rotatable bonds is 14. The molecule has 0 spiro atoms. The first-order chi connectivity index (χ1) is 12.5. The van der Waals surface area contributed by atoms with Gasteiger partial charge < -0.3 is 0 Å². The second kappa shape index (κ2) is 18.5. The molecular formula is C21H37NaO3S. The third kappa shape index (κ3) is 17.5. The van der Waals surface area contributed by atoms with Crippen molar-refractivity contribution in [2.24, 2.45) is 0 Å². The minimum absolute atomic E-state index is 0.0741. The van der Waals surface area contributed by atoms with Crippen LogP contribution < -0.4 is 0 Å². The minimum Gasteiger partial charge on any atom is -0.282 e. The molecule has 0 fully saturated rings. The van der Waals surface area contributed by atoms with Gasteiger partial charge in [0.15, 0.2) is 0 Å². The molecule has 0 aliphatic carbocycles. The zero-order valence-electron chi connectivity index (χ0n) is 17.0. The molecule has 0 aromatic heterocycles. The summed E-state index contributed by atoms with van der Waals surface area (Å²) in [4.78, 5) is -0.0741. The Morgan fingerprint density at radius 3 is 1.42 bits per heavy atom. The van der Waals surface area contributed by atoms with E-state index in [1.807, 2.05) is 0 Å². The van der Waals surface area contributed by atoms with Crippen LogP contribution in [0.1, 0.15) is 90.4 Å². The normalized spacial score (nSPS) is 11.1. The van der Waals surface area contributed by atoms with Gasteiger partial charge in [0, 0.05) is 0 Å². The zero-order valence-corrected chi connectivity index (χ0v) is 19.8. The molecule has 1 N–H and O–H groups in total. The van der Waals surface area contributed by atoms with Crippen LogP contribution in [0, 0.1) is 0 Å². The standard InChI is InChI=1S/C15H31.C6H6O3S.Na/c1-3-5-7-9-11-13-15-14-12-10-8-6-4-2;7-10(8,9)6-4-2-1-3-5-6;/h1,3-15H2,2H3;1-5H,(H,7,8,9);. The van der Waals surface area contributed by atoms with Gasteiger partial charge in [-0.3, -0.25) is 4.55 Å². The number of benzene rings is 1. The molecule has 0 atom stereocenters. The molecule has 1 aromatic carbocycles. The van der Waals surface area contributed by atoms with Crippen LogP contribution in [0.5, 0.6) is 0 Å². The van der Waals surface area contributed by atoms with Crippen LogP contribution in [0.4, 0.5) is 0 Å². The first-order valence-corrected chi connectivity index (χ1v) is 13.4. The molecule has 0 aliphatic rings. The Hall–Kier alpha value is 0.130. The van der Waals surface area contributed by atoms with Gasteiger partial charge in [0.05, 0.1) is 4.90 Å². The van der Waals surface area contributed by atoms with Crippen molar-refractivity contribution in [3.05, 3.63) is 30.3 Å². The summed E-state index contributed by atoms with van der Waals surface area (Å²) in [6, 6.07) is 7.42. The summed E-state index contributed by atoms with van der Waals surface area (Å²) in [6.07, 6.45) is 19.2. The molecule has 0 bridgehead atoms. The van der Waals surface area contributed by atoms with Crippen molar-refractivity contribution >= 4 is 38.0 Å². The Kier molecular flexibility index (Phi) is 18.6. The van der Waals surface area contributed by atoms with Crippen molar-refractivity contribution in [3.63, 3.8) is 0 Å². The summed E-state index contributed by atoms with van der Waals surface area (Å²) in [5, 5.41) is 0. The zero-order chi connectivity index (χ0) is 19.5. The van der Waals surface area contributed by atoms with Crippen LogP contribution in [0.25, 0.3) is 0 Å². The third-order valence-electron chi connectivity index (χ3n) is 4.50. The van der Waals surface area contributed by atoms with Crippen molar-refractivity contribution in [2.45, 2.75) is 99.0 Å². The second-order valence-corrected chi connectivity index (χ2v) is 9.45. The van der Waals surface area contributed by atoms with E-state index in [0.29, 0.717) is 0 Å². The Bertz CT molecular complexity index is 489. The van der Waals surface area contributed by atoms with Crippen molar-refractivity contribution in [1.29, 1.82) is 0 Å². The molecule has 1 rings (SSSR count). The predicted octanol–water partition coefficient (Wildman–Crippen LogP) is 6.60. The van der Waals surface area contributed by atoms with Gasteiger partial charge in [0.2, 0.25) is 0 Å². The molecule has 0 saturated heterocycles. The van der Waals surface area contributed by atoms with E-state index in [9.17, 15) is 8.42 Å². The molecule has 0 saturated carbocycles. The Labute approximate surface area is 179 Å². The van der Waals surface area contributed by atoms with Gasteiger partial charge in [0.25, 0.3) is 10.1 Å². The summed E-state index contributed by atoms with van der Waals surface area (Å²) in [6.45, 7) is 2.29. The summed E-state index contributed by atoms with van der Waals surface area (Å²) in [7, 11) is -4.00. The smallest absolute Gasteiger partial charge is 0.282 e. The van der Waals surface area contributed by atoms with Gasteiger partial charge in [-0.1, -0.05) is 38.0 Å². The maximum absolute atomic E-state index is 10.4. The molecule has 0 radical (unpaired) electrons. The Balaban J connectivity index is 0.000000531. The summed E-state index contributed by atoms with van der Waals surface area (Å²) in [5.41, 5.74) is 0. The van der Waals surface area contributed by atoms with Crippen molar-refractivity contribution in [2.75, 3.05) is 0 Å². The predicted molar refractivity (Wildman–Crippen MR) is 113 cm³/mol. The third-order valence-corrected chi connectivity index (χ3v) is 6.07. The topological polar surface area (TPSA) is 54.4 Å². The SMILES string of the molecule is CCCCCCCCCCCCCC[CH2][Na].O=S(=O)(O)c1ccccc1. The van der Waals surface area contributed by atoms with Crippen LogP contribution in [-0.4, -0.2) is 40.9 Å². The minimum atomic E-state index is -4.00. The van der Waals surface area contributed by atoms with Crippen LogP contribution in [0.2, 0.25) is 3.67 Å². The van der Waals surface area contributed by atoms with Crippen molar-refractivity contribution in [1.82, 2.24) is 0 Å². The molecule has 0 amide bonds. The molecule has 0 unspecified atom stereocenters. The molecule has 146 valence electrons. The van der Waals surface area contributed by atoms with Crippen molar-refractivity contribution in [3.8, 4) is 0 Å². The largest absolute Gasteiger partial charge is 0.294 e. The van der Waals surface area contributed by atoms with E-state index in [1.54, 1.807) is 18.2 Å². The van der Waals surface area contributed by atoms with E-state index in [-0.39, 0.29) is 4.90 Å². The van der Waals surface area contributed by atoms with Gasteiger partial charge in [-0.05, 0) is 12.1 Å². The van der Waals surface area contributed by atoms with Gasteiger partial charge in [-0.15, -0.1) is 0 Å². The Morgan fingerprint density at radius 2 is 1.12 bits per heavy atom. The first kappa shape index (κ1) is 26.1. The Morgan fingerprint density at radius 1 is 0.731 bits per heavy atom. The van der Waals surface area contributed by atoms with Crippen LogP contribution in [-0.2, 0) is 10.1 Å². The number of unbranched alkanes of at least 4 members (excludes halogenated alkanes) is 12. The number of hydrogen-bond acceptors (Lipinski definition) is 2. The summed E-state index contributed by atoms with van der Waals surface area (Å²) in [5.74, 6) is 0. The molecule has 1 aromatic rings. The van der Waals surface area contributed by atoms with Gasteiger partial charge >= 0.3 is 102 Å². The summed E-state index contributed by atoms with van der Waals surface area (Å²) < 4.78 is 30.7. The fourth-order valence-electron chi connectivity index (χ4n) is 2.86. The maximum atomic E-state index is 10.4. The van der Waals surface area contributed by atoms with Gasteiger partial charge in [0.1, 0.15) is 0 Å². The second-order valence-electron chi connectivity index (χ2n) is 7.03. The van der Waals surface area contributed by atoms with Gasteiger partial charge in [-0.25, -0.2) is 0 Å². The average Bonchev–Trinajstić information content (AvgIpc) is 2.63. The van der Waals surface area contributed by atoms with E-state index in [4.69, 9.17) is 4.55 Å². The van der Waals surface area contributed by atoms with Gasteiger partial charge in [-0.2, -0.15) is 8.42 Å². The van der Waals surface area contributed by atoms with E-state index in [2.05, 4.69) is 6.92 Å². The van der Waals surface area contributed by atoms with E-state index in [1.165, 1.54) is 127 Å². The fraction of sp³-hybridized carbons (Fsp3) is 0.714. The molecular weight excluding hydrogens is 355 g/mol. The maximum Gasteiger partial charge on any atom is 0.294 e. The molecule has 0 aliphatic heterocycles. The monoisotopic (exact) mass is 392 g/mol.